The molecule has 0 aromatic carbocycles. The van der Waals surface area contributed by atoms with Crippen molar-refractivity contribution < 1.29 is 0 Å². The first-order valence-corrected chi connectivity index (χ1v) is 5.36. The lowest BCUT2D eigenvalue weighted by Gasteiger charge is -2.12. The molecule has 4 nitrogen and oxygen atoms in total. The second kappa shape index (κ2) is 4.09. The third kappa shape index (κ3) is 1.95. The molecule has 1 saturated heterocycles. The highest BCUT2D eigenvalue weighted by Crippen LogP contribution is 2.15. The molecule has 0 amide bonds. The van der Waals surface area contributed by atoms with Gasteiger partial charge in [0.05, 0.1) is 0 Å². The summed E-state index contributed by atoms with van der Waals surface area (Å²) in [5.74, 6) is 1.88. The van der Waals surface area contributed by atoms with Crippen molar-refractivity contribution >= 4 is 0 Å². The SMILES string of the molecule is CC(C)n1cnnc1CC1CCNC1. The van der Waals surface area contributed by atoms with Crippen LogP contribution in [0.1, 0.15) is 32.1 Å². The lowest BCUT2D eigenvalue weighted by molar-refractivity contribution is 0.506. The molecule has 0 radical (unpaired) electrons. The zero-order valence-corrected chi connectivity index (χ0v) is 8.90. The van der Waals surface area contributed by atoms with Crippen molar-refractivity contribution in [2.24, 2.45) is 5.92 Å². The van der Waals surface area contributed by atoms with Crippen molar-refractivity contribution in [1.82, 2.24) is 20.1 Å². The van der Waals surface area contributed by atoms with Crippen LogP contribution in [0, 0.1) is 5.92 Å². The Kier molecular flexibility index (Phi) is 2.82. The van der Waals surface area contributed by atoms with Crippen LogP contribution in [0.2, 0.25) is 0 Å². The maximum atomic E-state index is 4.19. The standard InChI is InChI=1S/C10H18N4/c1-8(2)14-7-12-13-10(14)5-9-3-4-11-6-9/h7-9,11H,3-6H2,1-2H3. The summed E-state index contributed by atoms with van der Waals surface area (Å²) in [4.78, 5) is 0. The van der Waals surface area contributed by atoms with Crippen LogP contribution in [-0.4, -0.2) is 27.9 Å². The third-order valence-corrected chi connectivity index (χ3v) is 2.84. The molecule has 1 fully saturated rings. The minimum absolute atomic E-state index is 0.467. The quantitative estimate of drug-likeness (QED) is 0.781. The summed E-state index contributed by atoms with van der Waals surface area (Å²) in [5.41, 5.74) is 0. The summed E-state index contributed by atoms with van der Waals surface area (Å²) >= 11 is 0. The molecule has 1 atom stereocenters. The summed E-state index contributed by atoms with van der Waals surface area (Å²) in [5, 5.41) is 11.5. The van der Waals surface area contributed by atoms with Crippen molar-refractivity contribution in [3.8, 4) is 0 Å². The van der Waals surface area contributed by atoms with Gasteiger partial charge in [0.15, 0.2) is 0 Å². The third-order valence-electron chi connectivity index (χ3n) is 2.84. The van der Waals surface area contributed by atoms with Gasteiger partial charge in [0.25, 0.3) is 0 Å². The molecule has 0 saturated carbocycles. The molecule has 0 aliphatic carbocycles. The summed E-state index contributed by atoms with van der Waals surface area (Å²) in [7, 11) is 0. The van der Waals surface area contributed by atoms with Crippen molar-refractivity contribution in [2.75, 3.05) is 13.1 Å². The molecule has 0 spiro atoms. The highest BCUT2D eigenvalue weighted by atomic mass is 15.3. The first-order chi connectivity index (χ1) is 6.77. The van der Waals surface area contributed by atoms with Gasteiger partial charge >= 0.3 is 0 Å². The fourth-order valence-electron chi connectivity index (χ4n) is 1.99. The van der Waals surface area contributed by atoms with Crippen molar-refractivity contribution in [1.29, 1.82) is 0 Å². The Labute approximate surface area is 84.7 Å². The number of hydrogen-bond donors (Lipinski definition) is 1. The molecule has 1 N–H and O–H groups in total. The van der Waals surface area contributed by atoms with Crippen LogP contribution in [0.15, 0.2) is 6.33 Å². The molecule has 0 bridgehead atoms. The van der Waals surface area contributed by atoms with E-state index < -0.39 is 0 Å². The van der Waals surface area contributed by atoms with Crippen molar-refractivity contribution in [3.05, 3.63) is 12.2 Å². The average Bonchev–Trinajstić information content (AvgIpc) is 2.75. The molecule has 2 rings (SSSR count). The van der Waals surface area contributed by atoms with E-state index in [0.717, 1.165) is 31.3 Å². The molecule has 1 aromatic rings. The maximum Gasteiger partial charge on any atom is 0.133 e. The minimum atomic E-state index is 0.467. The van der Waals surface area contributed by atoms with Gasteiger partial charge in [0.2, 0.25) is 0 Å². The molecular formula is C10H18N4. The zero-order chi connectivity index (χ0) is 9.97. The fourth-order valence-corrected chi connectivity index (χ4v) is 1.99. The lowest BCUT2D eigenvalue weighted by Crippen LogP contribution is -2.14. The Morgan fingerprint density at radius 2 is 2.50 bits per heavy atom. The van der Waals surface area contributed by atoms with E-state index in [1.807, 2.05) is 6.33 Å². The predicted molar refractivity (Wildman–Crippen MR) is 55.1 cm³/mol. The Morgan fingerprint density at radius 3 is 3.14 bits per heavy atom. The van der Waals surface area contributed by atoms with E-state index in [1.165, 1.54) is 6.42 Å². The van der Waals surface area contributed by atoms with E-state index in [1.54, 1.807) is 0 Å². The van der Waals surface area contributed by atoms with E-state index in [-0.39, 0.29) is 0 Å². The summed E-state index contributed by atoms with van der Waals surface area (Å²) in [6.45, 7) is 6.62. The molecule has 1 aliphatic heterocycles. The monoisotopic (exact) mass is 194 g/mol. The second-order valence-electron chi connectivity index (χ2n) is 4.31. The molecule has 14 heavy (non-hydrogen) atoms. The highest BCUT2D eigenvalue weighted by molar-refractivity contribution is 4.92. The van der Waals surface area contributed by atoms with Gasteiger partial charge in [0.1, 0.15) is 12.2 Å². The van der Waals surface area contributed by atoms with Gasteiger partial charge in [-0.2, -0.15) is 0 Å². The summed E-state index contributed by atoms with van der Waals surface area (Å²) in [6, 6.07) is 0.467. The van der Waals surface area contributed by atoms with Crippen LogP contribution in [0.3, 0.4) is 0 Å². The Morgan fingerprint density at radius 1 is 1.64 bits per heavy atom. The van der Waals surface area contributed by atoms with Gasteiger partial charge in [-0.1, -0.05) is 0 Å². The lowest BCUT2D eigenvalue weighted by atomic mass is 10.0. The second-order valence-corrected chi connectivity index (χ2v) is 4.31. The van der Waals surface area contributed by atoms with Gasteiger partial charge in [-0.3, -0.25) is 0 Å². The maximum absolute atomic E-state index is 4.19. The van der Waals surface area contributed by atoms with Crippen molar-refractivity contribution in [2.45, 2.75) is 32.7 Å². The molecule has 1 aromatic heterocycles. The normalized spacial score (nSPS) is 22.1. The molecule has 1 aliphatic rings. The first kappa shape index (κ1) is 9.65. The molecule has 4 heteroatoms. The van der Waals surface area contributed by atoms with Gasteiger partial charge in [-0.15, -0.1) is 10.2 Å². The van der Waals surface area contributed by atoms with Gasteiger partial charge < -0.3 is 9.88 Å². The molecular weight excluding hydrogens is 176 g/mol. The fraction of sp³-hybridized carbons (Fsp3) is 0.800. The smallest absolute Gasteiger partial charge is 0.133 e. The van der Waals surface area contributed by atoms with E-state index >= 15 is 0 Å². The van der Waals surface area contributed by atoms with Gasteiger partial charge in [0, 0.05) is 12.5 Å². The zero-order valence-electron chi connectivity index (χ0n) is 8.90. The Hall–Kier alpha value is -0.900. The van der Waals surface area contributed by atoms with Crippen LogP contribution in [0.25, 0.3) is 0 Å². The summed E-state index contributed by atoms with van der Waals surface area (Å²) < 4.78 is 2.16. The van der Waals surface area contributed by atoms with Crippen LogP contribution in [0.5, 0.6) is 0 Å². The minimum Gasteiger partial charge on any atom is -0.316 e. The highest BCUT2D eigenvalue weighted by Gasteiger charge is 2.18. The van der Waals surface area contributed by atoms with Crippen molar-refractivity contribution in [3.63, 3.8) is 0 Å². The molecule has 1 unspecified atom stereocenters. The number of nitrogens with zero attached hydrogens (tertiary/aromatic N) is 3. The largest absolute Gasteiger partial charge is 0.316 e. The molecule has 2 heterocycles. The molecule has 78 valence electrons. The van der Waals surface area contributed by atoms with Crippen LogP contribution >= 0.6 is 0 Å². The topological polar surface area (TPSA) is 42.7 Å². The van der Waals surface area contributed by atoms with E-state index in [4.69, 9.17) is 0 Å². The Balaban J connectivity index is 2.04. The summed E-state index contributed by atoms with van der Waals surface area (Å²) in [6.07, 6.45) is 4.17. The Bertz CT molecular complexity index is 286. The van der Waals surface area contributed by atoms with Crippen LogP contribution in [0.4, 0.5) is 0 Å². The first-order valence-electron chi connectivity index (χ1n) is 5.36. The van der Waals surface area contributed by atoms with Crippen LogP contribution in [-0.2, 0) is 6.42 Å². The van der Waals surface area contributed by atoms with Crippen LogP contribution < -0.4 is 5.32 Å². The van der Waals surface area contributed by atoms with E-state index in [0.29, 0.717) is 6.04 Å². The number of rotatable bonds is 3. The number of nitrogens with one attached hydrogen (secondary N) is 1. The van der Waals surface area contributed by atoms with Gasteiger partial charge in [-0.25, -0.2) is 0 Å². The predicted octanol–water partition coefficient (Wildman–Crippen LogP) is 1.01. The number of hydrogen-bond acceptors (Lipinski definition) is 3. The van der Waals surface area contributed by atoms with E-state index in [2.05, 4.69) is 33.9 Å². The average molecular weight is 194 g/mol. The van der Waals surface area contributed by atoms with Gasteiger partial charge in [-0.05, 0) is 39.3 Å². The number of aromatic nitrogens is 3. The van der Waals surface area contributed by atoms with E-state index in [9.17, 15) is 0 Å².